The second-order valence-corrected chi connectivity index (χ2v) is 5.43. The van der Waals surface area contributed by atoms with Gasteiger partial charge in [-0.2, -0.15) is 0 Å². The summed E-state index contributed by atoms with van der Waals surface area (Å²) in [5.74, 6) is 0.715. The third-order valence-corrected chi connectivity index (χ3v) is 2.54. The Labute approximate surface area is 89.2 Å². The number of nitrogens with two attached hydrogens (primary N) is 1. The van der Waals surface area contributed by atoms with E-state index in [4.69, 9.17) is 10.5 Å². The van der Waals surface area contributed by atoms with Crippen molar-refractivity contribution in [3.63, 3.8) is 0 Å². The summed E-state index contributed by atoms with van der Waals surface area (Å²) in [5.41, 5.74) is 5.87. The van der Waals surface area contributed by atoms with Crippen LogP contribution < -0.4 is 5.73 Å². The summed E-state index contributed by atoms with van der Waals surface area (Å²) in [5, 5.41) is 0. The lowest BCUT2D eigenvalue weighted by atomic mass is 9.90. The molecular formula is C12H27NO. The van der Waals surface area contributed by atoms with Gasteiger partial charge in [0, 0.05) is 6.61 Å². The van der Waals surface area contributed by atoms with Crippen LogP contribution in [0.2, 0.25) is 0 Å². The number of hydrogen-bond donors (Lipinski definition) is 1. The smallest absolute Gasteiger partial charge is 0.0549 e. The van der Waals surface area contributed by atoms with Crippen LogP contribution in [0.3, 0.4) is 0 Å². The highest BCUT2D eigenvalue weighted by Gasteiger charge is 2.15. The van der Waals surface area contributed by atoms with Crippen molar-refractivity contribution in [2.24, 2.45) is 17.1 Å². The van der Waals surface area contributed by atoms with Gasteiger partial charge in [-0.15, -0.1) is 0 Å². The highest BCUT2D eigenvalue weighted by molar-refractivity contribution is 4.68. The molecule has 0 radical (unpaired) electrons. The second-order valence-electron chi connectivity index (χ2n) is 5.43. The fourth-order valence-corrected chi connectivity index (χ4v) is 1.37. The lowest BCUT2D eigenvalue weighted by Crippen LogP contribution is -2.26. The zero-order chi connectivity index (χ0) is 11.2. The minimum absolute atomic E-state index is 0.220. The first-order valence-corrected chi connectivity index (χ1v) is 5.69. The molecule has 1 atom stereocenters. The van der Waals surface area contributed by atoms with Crippen molar-refractivity contribution >= 4 is 0 Å². The predicted molar refractivity (Wildman–Crippen MR) is 62.3 cm³/mol. The molecule has 0 saturated heterocycles. The van der Waals surface area contributed by atoms with Gasteiger partial charge in [0.2, 0.25) is 0 Å². The Kier molecular flexibility index (Phi) is 6.38. The summed E-state index contributed by atoms with van der Waals surface area (Å²) in [4.78, 5) is 0. The minimum atomic E-state index is 0.220. The van der Waals surface area contributed by atoms with Gasteiger partial charge in [-0.3, -0.25) is 0 Å². The van der Waals surface area contributed by atoms with Gasteiger partial charge in [0.25, 0.3) is 0 Å². The van der Waals surface area contributed by atoms with E-state index in [0.29, 0.717) is 12.0 Å². The van der Waals surface area contributed by atoms with E-state index in [2.05, 4.69) is 34.6 Å². The van der Waals surface area contributed by atoms with Gasteiger partial charge in [-0.05, 0) is 37.6 Å². The Morgan fingerprint density at radius 1 is 1.21 bits per heavy atom. The van der Waals surface area contributed by atoms with Crippen molar-refractivity contribution in [3.8, 4) is 0 Å². The molecule has 0 saturated carbocycles. The van der Waals surface area contributed by atoms with Crippen LogP contribution in [-0.4, -0.2) is 19.3 Å². The maximum Gasteiger partial charge on any atom is 0.0549 e. The molecular weight excluding hydrogens is 174 g/mol. The van der Waals surface area contributed by atoms with Gasteiger partial charge in [0.1, 0.15) is 0 Å². The molecule has 2 heteroatoms. The lowest BCUT2D eigenvalue weighted by molar-refractivity contribution is 0.0358. The van der Waals surface area contributed by atoms with E-state index in [1.165, 1.54) is 0 Å². The van der Waals surface area contributed by atoms with E-state index in [1.807, 2.05) is 0 Å². The molecule has 0 aliphatic carbocycles. The first kappa shape index (κ1) is 13.9. The Morgan fingerprint density at radius 2 is 1.79 bits per heavy atom. The molecule has 0 fully saturated rings. The summed E-state index contributed by atoms with van der Waals surface area (Å²) in [6, 6.07) is 0. The Bertz CT molecular complexity index is 143. The van der Waals surface area contributed by atoms with Crippen molar-refractivity contribution in [2.45, 2.75) is 53.6 Å². The van der Waals surface area contributed by atoms with E-state index in [1.54, 1.807) is 0 Å². The average Bonchev–Trinajstić information content (AvgIpc) is 2.02. The molecule has 0 aromatic heterocycles. The molecule has 0 aliphatic heterocycles. The SMILES string of the molecule is CC(C)CC(C)OCCC(C)(C)CN. The van der Waals surface area contributed by atoms with Crippen molar-refractivity contribution in [3.05, 3.63) is 0 Å². The molecule has 0 aliphatic rings. The molecule has 0 bridgehead atoms. The van der Waals surface area contributed by atoms with Crippen LogP contribution >= 0.6 is 0 Å². The van der Waals surface area contributed by atoms with Gasteiger partial charge in [0.05, 0.1) is 6.10 Å². The normalized spacial score (nSPS) is 14.8. The van der Waals surface area contributed by atoms with Crippen LogP contribution in [0, 0.1) is 11.3 Å². The van der Waals surface area contributed by atoms with Crippen LogP contribution in [-0.2, 0) is 4.74 Å². The van der Waals surface area contributed by atoms with E-state index in [-0.39, 0.29) is 5.41 Å². The molecule has 0 amide bonds. The first-order valence-electron chi connectivity index (χ1n) is 5.69. The molecule has 14 heavy (non-hydrogen) atoms. The van der Waals surface area contributed by atoms with Gasteiger partial charge in [-0.1, -0.05) is 27.7 Å². The zero-order valence-corrected chi connectivity index (χ0v) is 10.5. The summed E-state index contributed by atoms with van der Waals surface area (Å²) in [6.45, 7) is 12.5. The summed E-state index contributed by atoms with van der Waals surface area (Å²) >= 11 is 0. The lowest BCUT2D eigenvalue weighted by Gasteiger charge is -2.23. The van der Waals surface area contributed by atoms with Crippen LogP contribution in [0.1, 0.15) is 47.5 Å². The molecule has 2 nitrogen and oxygen atoms in total. The monoisotopic (exact) mass is 201 g/mol. The number of hydrogen-bond acceptors (Lipinski definition) is 2. The average molecular weight is 201 g/mol. The van der Waals surface area contributed by atoms with Crippen LogP contribution in [0.25, 0.3) is 0 Å². The summed E-state index contributed by atoms with van der Waals surface area (Å²) < 4.78 is 5.73. The first-order chi connectivity index (χ1) is 6.37. The van der Waals surface area contributed by atoms with Gasteiger partial charge in [0.15, 0.2) is 0 Å². The molecule has 0 heterocycles. The van der Waals surface area contributed by atoms with Crippen molar-refractivity contribution < 1.29 is 4.74 Å². The highest BCUT2D eigenvalue weighted by atomic mass is 16.5. The van der Waals surface area contributed by atoms with Gasteiger partial charge < -0.3 is 10.5 Å². The predicted octanol–water partition coefficient (Wildman–Crippen LogP) is 2.81. The van der Waals surface area contributed by atoms with E-state index >= 15 is 0 Å². The van der Waals surface area contributed by atoms with Gasteiger partial charge in [-0.25, -0.2) is 0 Å². The zero-order valence-electron chi connectivity index (χ0n) is 10.5. The Balaban J connectivity index is 3.53. The van der Waals surface area contributed by atoms with E-state index < -0.39 is 0 Å². The Hall–Kier alpha value is -0.0800. The van der Waals surface area contributed by atoms with Gasteiger partial charge >= 0.3 is 0 Å². The third kappa shape index (κ3) is 7.34. The van der Waals surface area contributed by atoms with E-state index in [0.717, 1.165) is 26.0 Å². The van der Waals surface area contributed by atoms with E-state index in [9.17, 15) is 0 Å². The van der Waals surface area contributed by atoms with Crippen LogP contribution in [0.5, 0.6) is 0 Å². The molecule has 0 aromatic rings. The molecule has 0 spiro atoms. The number of ether oxygens (including phenoxy) is 1. The quantitative estimate of drug-likeness (QED) is 0.687. The topological polar surface area (TPSA) is 35.2 Å². The maximum absolute atomic E-state index is 5.73. The fourth-order valence-electron chi connectivity index (χ4n) is 1.37. The highest BCUT2D eigenvalue weighted by Crippen LogP contribution is 2.18. The van der Waals surface area contributed by atoms with Crippen LogP contribution in [0.4, 0.5) is 0 Å². The Morgan fingerprint density at radius 3 is 2.21 bits per heavy atom. The van der Waals surface area contributed by atoms with Crippen molar-refractivity contribution in [2.75, 3.05) is 13.2 Å². The van der Waals surface area contributed by atoms with Crippen molar-refractivity contribution in [1.29, 1.82) is 0 Å². The second kappa shape index (κ2) is 6.41. The summed E-state index contributed by atoms with van der Waals surface area (Å²) in [6.07, 6.45) is 2.57. The standard InChI is InChI=1S/C12H27NO/c1-10(2)8-11(3)14-7-6-12(4,5)9-13/h10-11H,6-9,13H2,1-5H3. The van der Waals surface area contributed by atoms with Crippen molar-refractivity contribution in [1.82, 2.24) is 0 Å². The maximum atomic E-state index is 5.73. The summed E-state index contributed by atoms with van der Waals surface area (Å²) in [7, 11) is 0. The third-order valence-electron chi connectivity index (χ3n) is 2.54. The molecule has 0 aromatic carbocycles. The largest absolute Gasteiger partial charge is 0.378 e. The fraction of sp³-hybridized carbons (Fsp3) is 1.00. The molecule has 0 rings (SSSR count). The molecule has 2 N–H and O–H groups in total. The molecule has 86 valence electrons. The van der Waals surface area contributed by atoms with Crippen LogP contribution in [0.15, 0.2) is 0 Å². The molecule has 1 unspecified atom stereocenters. The number of rotatable bonds is 7. The minimum Gasteiger partial charge on any atom is -0.378 e.